The Labute approximate surface area is 106 Å². The number of aryl methyl sites for hydroxylation is 3. The first-order chi connectivity index (χ1) is 7.90. The first kappa shape index (κ1) is 14.2. The highest BCUT2D eigenvalue weighted by Gasteiger charge is 2.06. The van der Waals surface area contributed by atoms with Crippen molar-refractivity contribution in [2.75, 3.05) is 13.6 Å². The van der Waals surface area contributed by atoms with E-state index in [0.29, 0.717) is 6.04 Å². The van der Waals surface area contributed by atoms with Crippen LogP contribution in [0.5, 0.6) is 0 Å². The zero-order valence-electron chi connectivity index (χ0n) is 11.9. The fourth-order valence-corrected chi connectivity index (χ4v) is 1.98. The molecule has 2 N–H and O–H groups in total. The van der Waals surface area contributed by atoms with Crippen LogP contribution in [0.2, 0.25) is 0 Å². The Balaban J connectivity index is 2.65. The average molecular weight is 234 g/mol. The molecule has 1 atom stereocenters. The Morgan fingerprint density at radius 3 is 2.29 bits per heavy atom. The third kappa shape index (κ3) is 4.49. The second-order valence-corrected chi connectivity index (χ2v) is 5.37. The van der Waals surface area contributed by atoms with Crippen molar-refractivity contribution in [2.24, 2.45) is 5.73 Å². The monoisotopic (exact) mass is 234 g/mol. The van der Waals surface area contributed by atoms with Crippen LogP contribution in [0, 0.1) is 20.8 Å². The molecule has 0 fully saturated rings. The first-order valence-electron chi connectivity index (χ1n) is 6.41. The number of hydrogen-bond donors (Lipinski definition) is 1. The molecule has 1 aromatic carbocycles. The Kier molecular flexibility index (Phi) is 5.16. The van der Waals surface area contributed by atoms with Crippen molar-refractivity contribution in [1.29, 1.82) is 0 Å². The Hall–Kier alpha value is -0.860. The van der Waals surface area contributed by atoms with Gasteiger partial charge in [0.15, 0.2) is 0 Å². The van der Waals surface area contributed by atoms with E-state index >= 15 is 0 Å². The molecule has 0 spiro atoms. The number of nitrogens with two attached hydrogens (primary N) is 1. The van der Waals surface area contributed by atoms with E-state index in [4.69, 9.17) is 5.73 Å². The second-order valence-electron chi connectivity index (χ2n) is 5.37. The summed E-state index contributed by atoms with van der Waals surface area (Å²) in [5.41, 5.74) is 11.4. The minimum Gasteiger partial charge on any atom is -0.328 e. The van der Waals surface area contributed by atoms with Gasteiger partial charge < -0.3 is 10.6 Å². The minimum atomic E-state index is 0.290. The van der Waals surface area contributed by atoms with Crippen LogP contribution in [-0.2, 0) is 6.54 Å². The largest absolute Gasteiger partial charge is 0.328 e. The molecule has 0 aromatic heterocycles. The summed E-state index contributed by atoms with van der Waals surface area (Å²) < 4.78 is 0. The third-order valence-electron chi connectivity index (χ3n) is 3.36. The Bertz CT molecular complexity index is 369. The fourth-order valence-electron chi connectivity index (χ4n) is 1.98. The van der Waals surface area contributed by atoms with Gasteiger partial charge >= 0.3 is 0 Å². The number of rotatable bonds is 5. The van der Waals surface area contributed by atoms with Gasteiger partial charge in [-0.15, -0.1) is 0 Å². The van der Waals surface area contributed by atoms with Crippen LogP contribution in [0.15, 0.2) is 12.1 Å². The molecular weight excluding hydrogens is 208 g/mol. The summed E-state index contributed by atoms with van der Waals surface area (Å²) in [5, 5.41) is 0. The van der Waals surface area contributed by atoms with E-state index in [1.54, 1.807) is 0 Å². The summed E-state index contributed by atoms with van der Waals surface area (Å²) >= 11 is 0. The lowest BCUT2D eigenvalue weighted by molar-refractivity contribution is 0.313. The molecule has 0 bridgehead atoms. The van der Waals surface area contributed by atoms with Crippen LogP contribution in [-0.4, -0.2) is 24.5 Å². The molecule has 0 radical (unpaired) electrons. The van der Waals surface area contributed by atoms with Crippen molar-refractivity contribution in [3.8, 4) is 0 Å². The van der Waals surface area contributed by atoms with E-state index in [1.807, 2.05) is 0 Å². The topological polar surface area (TPSA) is 29.3 Å². The molecule has 17 heavy (non-hydrogen) atoms. The highest BCUT2D eigenvalue weighted by Crippen LogP contribution is 2.16. The van der Waals surface area contributed by atoms with Gasteiger partial charge in [0.25, 0.3) is 0 Å². The van der Waals surface area contributed by atoms with Gasteiger partial charge in [0.2, 0.25) is 0 Å². The van der Waals surface area contributed by atoms with Gasteiger partial charge in [-0.1, -0.05) is 12.1 Å². The van der Waals surface area contributed by atoms with Gasteiger partial charge in [0.1, 0.15) is 0 Å². The maximum absolute atomic E-state index is 5.78. The molecule has 0 amide bonds. The average Bonchev–Trinajstić information content (AvgIpc) is 2.23. The normalized spacial score (nSPS) is 13.1. The maximum Gasteiger partial charge on any atom is 0.0233 e. The van der Waals surface area contributed by atoms with Crippen molar-refractivity contribution < 1.29 is 0 Å². The van der Waals surface area contributed by atoms with Crippen molar-refractivity contribution >= 4 is 0 Å². The highest BCUT2D eigenvalue weighted by molar-refractivity contribution is 5.36. The van der Waals surface area contributed by atoms with Crippen molar-refractivity contribution in [3.63, 3.8) is 0 Å². The predicted molar refractivity (Wildman–Crippen MR) is 75.3 cm³/mol. The number of benzene rings is 1. The van der Waals surface area contributed by atoms with E-state index < -0.39 is 0 Å². The number of hydrogen-bond acceptors (Lipinski definition) is 2. The van der Waals surface area contributed by atoms with Gasteiger partial charge in [0.05, 0.1) is 0 Å². The molecule has 2 heteroatoms. The summed E-state index contributed by atoms with van der Waals surface area (Å²) in [4.78, 5) is 2.35. The molecule has 0 heterocycles. The van der Waals surface area contributed by atoms with Crippen LogP contribution in [0.1, 0.15) is 35.6 Å². The van der Waals surface area contributed by atoms with Crippen molar-refractivity contribution in [1.82, 2.24) is 4.90 Å². The quantitative estimate of drug-likeness (QED) is 0.849. The van der Waals surface area contributed by atoms with Gasteiger partial charge in [-0.2, -0.15) is 0 Å². The minimum absolute atomic E-state index is 0.290. The maximum atomic E-state index is 5.78. The first-order valence-corrected chi connectivity index (χ1v) is 6.41. The zero-order chi connectivity index (χ0) is 13.0. The summed E-state index contributed by atoms with van der Waals surface area (Å²) in [5.74, 6) is 0. The van der Waals surface area contributed by atoms with Gasteiger partial charge in [-0.3, -0.25) is 0 Å². The zero-order valence-corrected chi connectivity index (χ0v) is 11.9. The summed E-state index contributed by atoms with van der Waals surface area (Å²) in [6.45, 7) is 10.7. The molecule has 1 aromatic rings. The van der Waals surface area contributed by atoms with Gasteiger partial charge in [0, 0.05) is 12.6 Å². The van der Waals surface area contributed by atoms with Gasteiger partial charge in [-0.05, 0) is 70.0 Å². The van der Waals surface area contributed by atoms with E-state index in [1.165, 1.54) is 22.3 Å². The molecule has 0 aliphatic carbocycles. The van der Waals surface area contributed by atoms with E-state index in [0.717, 1.165) is 19.5 Å². The lowest BCUT2D eigenvalue weighted by Gasteiger charge is -2.20. The summed E-state index contributed by atoms with van der Waals surface area (Å²) in [6.07, 6.45) is 1.06. The van der Waals surface area contributed by atoms with Crippen LogP contribution in [0.3, 0.4) is 0 Å². The lowest BCUT2D eigenvalue weighted by atomic mass is 10.0. The highest BCUT2D eigenvalue weighted by atomic mass is 15.1. The molecule has 0 saturated carbocycles. The molecule has 1 rings (SSSR count). The number of nitrogens with zero attached hydrogens (tertiary/aromatic N) is 1. The standard InChI is InChI=1S/C15H26N2/c1-11-8-13(3)15(9-12(11)2)10-17(5)7-6-14(4)16/h8-9,14H,6-7,10,16H2,1-5H3. The van der Waals surface area contributed by atoms with Crippen LogP contribution < -0.4 is 5.73 Å². The van der Waals surface area contributed by atoms with Crippen molar-refractivity contribution in [2.45, 2.75) is 46.7 Å². The molecule has 2 nitrogen and oxygen atoms in total. The summed E-state index contributed by atoms with van der Waals surface area (Å²) in [7, 11) is 2.16. The van der Waals surface area contributed by atoms with Crippen LogP contribution >= 0.6 is 0 Å². The molecule has 0 aliphatic heterocycles. The van der Waals surface area contributed by atoms with Crippen LogP contribution in [0.4, 0.5) is 0 Å². The molecule has 0 saturated heterocycles. The van der Waals surface area contributed by atoms with E-state index in [-0.39, 0.29) is 0 Å². The van der Waals surface area contributed by atoms with E-state index in [9.17, 15) is 0 Å². The molecular formula is C15H26N2. The van der Waals surface area contributed by atoms with Crippen molar-refractivity contribution in [3.05, 3.63) is 34.4 Å². The molecule has 1 unspecified atom stereocenters. The second kappa shape index (κ2) is 6.18. The lowest BCUT2D eigenvalue weighted by Crippen LogP contribution is -2.26. The van der Waals surface area contributed by atoms with E-state index in [2.05, 4.69) is 51.8 Å². The summed E-state index contributed by atoms with van der Waals surface area (Å²) in [6, 6.07) is 4.88. The fraction of sp³-hybridized carbons (Fsp3) is 0.600. The Morgan fingerprint density at radius 2 is 1.71 bits per heavy atom. The van der Waals surface area contributed by atoms with Gasteiger partial charge in [-0.25, -0.2) is 0 Å². The molecule has 96 valence electrons. The third-order valence-corrected chi connectivity index (χ3v) is 3.36. The SMILES string of the molecule is Cc1cc(C)c(CN(C)CCC(C)N)cc1C. The predicted octanol–water partition coefficient (Wildman–Crippen LogP) is 2.78. The molecule has 0 aliphatic rings. The smallest absolute Gasteiger partial charge is 0.0233 e. The van der Waals surface area contributed by atoms with Crippen LogP contribution in [0.25, 0.3) is 0 Å². The Morgan fingerprint density at radius 1 is 1.12 bits per heavy atom.